The number of pyridine rings is 1. The zero-order valence-electron chi connectivity index (χ0n) is 22.2. The number of hydrogen-bond acceptors (Lipinski definition) is 3. The van der Waals surface area contributed by atoms with Crippen LogP contribution in [-0.2, 0) is 24.7 Å². The molecule has 11 heteroatoms. The van der Waals surface area contributed by atoms with E-state index in [1.54, 1.807) is 13.0 Å². The summed E-state index contributed by atoms with van der Waals surface area (Å²) in [4.78, 5) is 7.18. The quantitative estimate of drug-likeness (QED) is 0.153. The van der Waals surface area contributed by atoms with Gasteiger partial charge in [-0.3, -0.25) is 9.88 Å². The number of nitrogens with one attached hydrogen (secondary N) is 2. The average Bonchev–Trinajstić information content (AvgIpc) is 2.92. The standard InChI is InChI=1S/C29H31F3N4S.I2.V/c1-4-19-16-36-10-8-20(19)13-27(36)18(3)24-7-9-33-26-6-5-22(15-25(24)26)34-28(37)35-23-12-17(2)11-21(14-23)29(30,31)32;1-2;/h4-7,9,11-12,14-15,18-20,27H,1,8,10,13,16H2,2-3H3,(H2,34,35,37);;/t18-,19?,20?,27?;;/m0../s1. The summed E-state index contributed by atoms with van der Waals surface area (Å²) < 4.78 is 39.6. The Morgan fingerprint density at radius 1 is 1.15 bits per heavy atom. The van der Waals surface area contributed by atoms with E-state index in [1.807, 2.05) is 24.4 Å². The van der Waals surface area contributed by atoms with E-state index in [9.17, 15) is 13.2 Å². The fourth-order valence-electron chi connectivity index (χ4n) is 6.06. The Kier molecular flexibility index (Phi) is 12.2. The molecular weight excluding hydrogens is 798 g/mol. The Morgan fingerprint density at radius 2 is 1.88 bits per heavy atom. The van der Waals surface area contributed by atoms with Crippen LogP contribution in [0.1, 0.15) is 42.4 Å². The van der Waals surface area contributed by atoms with Crippen molar-refractivity contribution in [2.75, 3.05) is 23.7 Å². The molecule has 4 unspecified atom stereocenters. The molecule has 40 heavy (non-hydrogen) atoms. The molecule has 4 nitrogen and oxygen atoms in total. The maximum absolute atomic E-state index is 13.2. The number of aromatic nitrogens is 1. The number of halogens is 5. The van der Waals surface area contributed by atoms with Gasteiger partial charge in [-0.15, -0.1) is 6.58 Å². The molecule has 213 valence electrons. The van der Waals surface area contributed by atoms with Gasteiger partial charge in [0.15, 0.2) is 5.11 Å². The second kappa shape index (κ2) is 14.5. The summed E-state index contributed by atoms with van der Waals surface area (Å²) in [5.41, 5.74) is 2.99. The van der Waals surface area contributed by atoms with Gasteiger partial charge in [-0.05, 0) is 110 Å². The third-order valence-electron chi connectivity index (χ3n) is 7.92. The van der Waals surface area contributed by atoms with Crippen LogP contribution < -0.4 is 10.6 Å². The van der Waals surface area contributed by atoms with Crippen molar-refractivity contribution in [1.29, 1.82) is 0 Å². The molecule has 5 atom stereocenters. The zero-order valence-corrected chi connectivity index (χ0v) is 28.7. The summed E-state index contributed by atoms with van der Waals surface area (Å²) >= 11 is 9.67. The number of alkyl halides is 3. The molecule has 3 aliphatic heterocycles. The SMILES string of the molecule is C=CC1CN2CCC1CC2[C@@H](C)c1ccnc2ccc(NC(=S)Nc3cc(C)cc(C(F)(F)F)c3)cc12.II.[V]. The van der Waals surface area contributed by atoms with Gasteiger partial charge in [0.1, 0.15) is 0 Å². The second-order valence-corrected chi connectivity index (χ2v) is 10.7. The summed E-state index contributed by atoms with van der Waals surface area (Å²) in [5, 5.41) is 7.32. The van der Waals surface area contributed by atoms with Crippen LogP contribution in [0.3, 0.4) is 0 Å². The van der Waals surface area contributed by atoms with Gasteiger partial charge in [-0.1, -0.05) is 13.0 Å². The number of rotatable bonds is 5. The van der Waals surface area contributed by atoms with Gasteiger partial charge in [0.05, 0.1) is 11.1 Å². The predicted octanol–water partition coefficient (Wildman–Crippen LogP) is 9.14. The summed E-state index contributed by atoms with van der Waals surface area (Å²) in [6, 6.07) is 12.3. The number of hydrogen-bond donors (Lipinski definition) is 2. The third-order valence-corrected chi connectivity index (χ3v) is 8.12. The minimum atomic E-state index is -4.42. The molecule has 2 aromatic carbocycles. The van der Waals surface area contributed by atoms with Crippen molar-refractivity contribution in [2.24, 2.45) is 11.8 Å². The molecule has 3 aliphatic rings. The summed E-state index contributed by atoms with van der Waals surface area (Å²) in [5.74, 6) is 1.60. The van der Waals surface area contributed by atoms with E-state index in [-0.39, 0.29) is 23.7 Å². The van der Waals surface area contributed by atoms with Gasteiger partial charge in [0, 0.05) is 91.3 Å². The Labute approximate surface area is 274 Å². The van der Waals surface area contributed by atoms with Gasteiger partial charge in [0.2, 0.25) is 0 Å². The number of benzene rings is 2. The molecule has 4 heterocycles. The molecule has 0 aliphatic carbocycles. The minimum absolute atomic E-state index is 0. The Balaban J connectivity index is 0.00000144. The molecule has 2 bridgehead atoms. The van der Waals surface area contributed by atoms with Crippen LogP contribution in [0.25, 0.3) is 10.9 Å². The molecule has 3 saturated heterocycles. The van der Waals surface area contributed by atoms with E-state index in [0.717, 1.165) is 41.8 Å². The topological polar surface area (TPSA) is 40.2 Å². The van der Waals surface area contributed by atoms with E-state index < -0.39 is 11.7 Å². The van der Waals surface area contributed by atoms with Gasteiger partial charge in [-0.25, -0.2) is 0 Å². The Hall–Kier alpha value is -0.926. The molecule has 2 N–H and O–H groups in total. The number of aryl methyl sites for hydroxylation is 1. The molecular formula is C29H31F3I2N4SV. The van der Waals surface area contributed by atoms with Crippen molar-refractivity contribution in [3.63, 3.8) is 0 Å². The first-order valence-corrected chi connectivity index (χ1v) is 19.5. The van der Waals surface area contributed by atoms with Crippen molar-refractivity contribution < 1.29 is 31.7 Å². The Morgan fingerprint density at radius 3 is 2.52 bits per heavy atom. The first-order chi connectivity index (χ1) is 18.6. The zero-order chi connectivity index (χ0) is 28.3. The van der Waals surface area contributed by atoms with Gasteiger partial charge in [-0.2, -0.15) is 13.2 Å². The molecule has 1 aromatic heterocycles. The van der Waals surface area contributed by atoms with Crippen LogP contribution in [0.5, 0.6) is 0 Å². The average molecular weight is 829 g/mol. The van der Waals surface area contributed by atoms with Crippen LogP contribution in [0.2, 0.25) is 0 Å². The number of nitrogens with zero attached hydrogens (tertiary/aromatic N) is 2. The molecule has 3 aromatic rings. The fourth-order valence-corrected chi connectivity index (χ4v) is 6.29. The number of thiocarbonyl (C=S) groups is 1. The minimum Gasteiger partial charge on any atom is -0.332 e. The van der Waals surface area contributed by atoms with Gasteiger partial charge >= 0.3 is 6.18 Å². The Bertz CT molecular complexity index is 1360. The van der Waals surface area contributed by atoms with Crippen molar-refractivity contribution in [3.05, 3.63) is 78.0 Å². The van der Waals surface area contributed by atoms with Crippen LogP contribution >= 0.6 is 49.4 Å². The molecule has 1 radical (unpaired) electrons. The predicted molar refractivity (Wildman–Crippen MR) is 176 cm³/mol. The van der Waals surface area contributed by atoms with Crippen molar-refractivity contribution in [2.45, 2.75) is 44.8 Å². The first kappa shape index (κ1) is 33.6. The molecule has 6 rings (SSSR count). The first-order valence-electron chi connectivity index (χ1n) is 12.8. The number of piperidine rings is 3. The van der Waals surface area contributed by atoms with Crippen LogP contribution in [0.4, 0.5) is 24.5 Å². The number of anilines is 2. The molecule has 3 fully saturated rings. The van der Waals surface area contributed by atoms with Crippen molar-refractivity contribution in [1.82, 2.24) is 9.88 Å². The summed E-state index contributed by atoms with van der Waals surface area (Å²) in [6.45, 7) is 10.2. The van der Waals surface area contributed by atoms with Gasteiger partial charge in [0.25, 0.3) is 0 Å². The molecule has 0 amide bonds. The van der Waals surface area contributed by atoms with E-state index >= 15 is 0 Å². The fraction of sp³-hybridized carbons (Fsp3) is 0.379. The monoisotopic (exact) mass is 829 g/mol. The molecule has 0 spiro atoms. The number of fused-ring (bicyclic) bond motifs is 4. The molecule has 0 saturated carbocycles. The second-order valence-electron chi connectivity index (χ2n) is 10.3. The summed E-state index contributed by atoms with van der Waals surface area (Å²) in [7, 11) is 0. The van der Waals surface area contributed by atoms with Crippen molar-refractivity contribution in [3.8, 4) is 0 Å². The van der Waals surface area contributed by atoms with E-state index in [2.05, 4.69) is 83.4 Å². The maximum Gasteiger partial charge on any atom is 0.416 e. The van der Waals surface area contributed by atoms with Crippen LogP contribution in [0, 0.1) is 18.8 Å². The maximum atomic E-state index is 13.2. The normalized spacial score (nSPS) is 22.4. The van der Waals surface area contributed by atoms with Crippen LogP contribution in [0.15, 0.2) is 61.3 Å². The third kappa shape index (κ3) is 7.72. The van der Waals surface area contributed by atoms with Crippen molar-refractivity contribution >= 4 is 76.8 Å². The smallest absolute Gasteiger partial charge is 0.332 e. The van der Waals surface area contributed by atoms with Gasteiger partial charge < -0.3 is 10.6 Å². The van der Waals surface area contributed by atoms with E-state index in [0.29, 0.717) is 35.0 Å². The van der Waals surface area contributed by atoms with Crippen LogP contribution in [-0.4, -0.2) is 34.1 Å². The van der Waals surface area contributed by atoms with E-state index in [1.165, 1.54) is 18.4 Å². The van der Waals surface area contributed by atoms with E-state index in [4.69, 9.17) is 12.2 Å². The summed E-state index contributed by atoms with van der Waals surface area (Å²) in [6.07, 6.45) is 1.98. The largest absolute Gasteiger partial charge is 0.416 e.